The number of nitrogens with one attached hydrogen (secondary N) is 1. The van der Waals surface area contributed by atoms with E-state index in [0.29, 0.717) is 32.4 Å². The molecule has 0 aromatic heterocycles. The third-order valence-electron chi connectivity index (χ3n) is 2.88. The van der Waals surface area contributed by atoms with Crippen molar-refractivity contribution in [1.82, 2.24) is 5.32 Å². The smallest absolute Gasteiger partial charge is 0.150 e. The maximum absolute atomic E-state index is 14.0. The second-order valence-electron chi connectivity index (χ2n) is 4.30. The number of hydrogen-bond acceptors (Lipinski definition) is 3. The molecule has 1 fully saturated rings. The molecule has 1 N–H and O–H groups in total. The van der Waals surface area contributed by atoms with Crippen LogP contribution in [-0.2, 0) is 9.84 Å². The van der Waals surface area contributed by atoms with E-state index in [0.717, 1.165) is 0 Å². The Morgan fingerprint density at radius 1 is 1.27 bits per heavy atom. The van der Waals surface area contributed by atoms with E-state index < -0.39 is 15.5 Å². The van der Waals surface area contributed by atoms with Crippen LogP contribution in [0, 0.1) is 0 Å². The lowest BCUT2D eigenvalue weighted by Gasteiger charge is -2.29. The second kappa shape index (κ2) is 5.25. The highest BCUT2D eigenvalue weighted by atomic mass is 32.2. The van der Waals surface area contributed by atoms with Gasteiger partial charge in [-0.25, -0.2) is 12.8 Å². The Morgan fingerprint density at radius 3 is 2.40 bits per heavy atom. The van der Waals surface area contributed by atoms with Crippen molar-refractivity contribution in [2.24, 2.45) is 0 Å². The first kappa shape index (κ1) is 12.9. The zero-order chi connectivity index (χ0) is 11.4. The van der Waals surface area contributed by atoms with E-state index >= 15 is 0 Å². The lowest BCUT2D eigenvalue weighted by molar-refractivity contribution is 0.112. The van der Waals surface area contributed by atoms with Gasteiger partial charge in [0.25, 0.3) is 0 Å². The van der Waals surface area contributed by atoms with Crippen LogP contribution in [0.3, 0.4) is 0 Å². The largest absolute Gasteiger partial charge is 0.316 e. The third kappa shape index (κ3) is 4.47. The van der Waals surface area contributed by atoms with Crippen molar-refractivity contribution in [2.75, 3.05) is 24.6 Å². The van der Waals surface area contributed by atoms with Gasteiger partial charge in [-0.15, -0.1) is 0 Å². The molecule has 15 heavy (non-hydrogen) atoms. The fourth-order valence-corrected chi connectivity index (χ4v) is 3.38. The van der Waals surface area contributed by atoms with Crippen molar-refractivity contribution in [3.63, 3.8) is 0 Å². The number of sulfone groups is 1. The summed E-state index contributed by atoms with van der Waals surface area (Å²) >= 11 is 0. The SMILES string of the molecule is CCCS(=O)(=O)CCC1(F)CCNCC1. The molecule has 0 bridgehead atoms. The minimum Gasteiger partial charge on any atom is -0.316 e. The van der Waals surface area contributed by atoms with Gasteiger partial charge in [-0.3, -0.25) is 0 Å². The normalized spacial score (nSPS) is 21.5. The molecule has 0 aromatic rings. The van der Waals surface area contributed by atoms with Gasteiger partial charge in [0.05, 0.1) is 5.75 Å². The number of rotatable bonds is 5. The number of hydrogen-bond donors (Lipinski definition) is 1. The van der Waals surface area contributed by atoms with E-state index in [-0.39, 0.29) is 17.9 Å². The standard InChI is InChI=1S/C10H20FNO2S/c1-2-8-15(13,14)9-5-10(11)3-6-12-7-4-10/h12H,2-9H2,1H3. The number of alkyl halides is 1. The van der Waals surface area contributed by atoms with Crippen LogP contribution < -0.4 is 5.32 Å². The highest BCUT2D eigenvalue weighted by molar-refractivity contribution is 7.91. The Kier molecular flexibility index (Phi) is 4.52. The molecule has 0 radical (unpaired) electrons. The van der Waals surface area contributed by atoms with E-state index in [1.807, 2.05) is 6.92 Å². The fraction of sp³-hybridized carbons (Fsp3) is 1.00. The lowest BCUT2D eigenvalue weighted by Crippen LogP contribution is -2.39. The first-order valence-electron chi connectivity index (χ1n) is 5.57. The maximum Gasteiger partial charge on any atom is 0.150 e. The molecule has 0 aromatic carbocycles. The maximum atomic E-state index is 14.0. The topological polar surface area (TPSA) is 46.2 Å². The highest BCUT2D eigenvalue weighted by Crippen LogP contribution is 2.27. The Morgan fingerprint density at radius 2 is 1.87 bits per heavy atom. The molecule has 0 amide bonds. The predicted octanol–water partition coefficient (Wildman–Crippen LogP) is 1.29. The van der Waals surface area contributed by atoms with Crippen LogP contribution in [0.4, 0.5) is 4.39 Å². The molecule has 0 aliphatic carbocycles. The summed E-state index contributed by atoms with van der Waals surface area (Å²) in [7, 11) is -3.03. The number of piperidine rings is 1. The molecule has 1 saturated heterocycles. The van der Waals surface area contributed by atoms with Gasteiger partial charge >= 0.3 is 0 Å². The van der Waals surface area contributed by atoms with Crippen LogP contribution >= 0.6 is 0 Å². The van der Waals surface area contributed by atoms with Crippen molar-refractivity contribution in [2.45, 2.75) is 38.3 Å². The van der Waals surface area contributed by atoms with Crippen LogP contribution in [0.25, 0.3) is 0 Å². The average molecular weight is 237 g/mol. The Labute approximate surface area is 91.4 Å². The van der Waals surface area contributed by atoms with Crippen LogP contribution in [0.15, 0.2) is 0 Å². The zero-order valence-electron chi connectivity index (χ0n) is 9.26. The van der Waals surface area contributed by atoms with E-state index in [1.54, 1.807) is 0 Å². The molecule has 1 heterocycles. The first-order valence-corrected chi connectivity index (χ1v) is 7.40. The van der Waals surface area contributed by atoms with Gasteiger partial charge in [0.15, 0.2) is 0 Å². The van der Waals surface area contributed by atoms with E-state index in [9.17, 15) is 12.8 Å². The Bertz CT molecular complexity index is 284. The summed E-state index contributed by atoms with van der Waals surface area (Å²) in [6.45, 7) is 3.14. The molecule has 0 atom stereocenters. The van der Waals surface area contributed by atoms with Gasteiger partial charge in [0, 0.05) is 5.75 Å². The highest BCUT2D eigenvalue weighted by Gasteiger charge is 2.32. The van der Waals surface area contributed by atoms with Crippen LogP contribution in [0.5, 0.6) is 0 Å². The minimum absolute atomic E-state index is 0.00264. The number of halogens is 1. The Balaban J connectivity index is 2.41. The molecule has 5 heteroatoms. The van der Waals surface area contributed by atoms with Crippen molar-refractivity contribution in [1.29, 1.82) is 0 Å². The monoisotopic (exact) mass is 237 g/mol. The summed E-state index contributed by atoms with van der Waals surface area (Å²) in [5.74, 6) is 0.179. The molecule has 0 unspecified atom stereocenters. The summed E-state index contributed by atoms with van der Waals surface area (Å²) in [5, 5.41) is 3.07. The molecule has 3 nitrogen and oxygen atoms in total. The quantitative estimate of drug-likeness (QED) is 0.784. The summed E-state index contributed by atoms with van der Waals surface area (Å²) in [6.07, 6.45) is 1.66. The van der Waals surface area contributed by atoms with Gasteiger partial charge in [-0.1, -0.05) is 6.92 Å². The van der Waals surface area contributed by atoms with Crippen molar-refractivity contribution in [3.05, 3.63) is 0 Å². The average Bonchev–Trinajstić information content (AvgIpc) is 2.17. The minimum atomic E-state index is -3.03. The van der Waals surface area contributed by atoms with Crippen molar-refractivity contribution < 1.29 is 12.8 Å². The van der Waals surface area contributed by atoms with Gasteiger partial charge < -0.3 is 5.32 Å². The van der Waals surface area contributed by atoms with Gasteiger partial charge in [0.1, 0.15) is 15.5 Å². The Hall–Kier alpha value is -0.160. The van der Waals surface area contributed by atoms with Crippen molar-refractivity contribution in [3.8, 4) is 0 Å². The van der Waals surface area contributed by atoms with Crippen LogP contribution in [0.2, 0.25) is 0 Å². The van der Waals surface area contributed by atoms with E-state index in [2.05, 4.69) is 5.32 Å². The molecule has 0 spiro atoms. The van der Waals surface area contributed by atoms with Crippen LogP contribution in [-0.4, -0.2) is 38.7 Å². The summed E-state index contributed by atoms with van der Waals surface area (Å²) in [5.41, 5.74) is -1.26. The second-order valence-corrected chi connectivity index (χ2v) is 6.61. The molecule has 90 valence electrons. The lowest BCUT2D eigenvalue weighted by atomic mass is 9.92. The van der Waals surface area contributed by atoms with Crippen LogP contribution in [0.1, 0.15) is 32.6 Å². The molecule has 0 saturated carbocycles. The molecular weight excluding hydrogens is 217 g/mol. The summed E-state index contributed by atoms with van der Waals surface area (Å²) in [4.78, 5) is 0. The van der Waals surface area contributed by atoms with E-state index in [1.165, 1.54) is 0 Å². The molecule has 1 aliphatic rings. The fourth-order valence-electron chi connectivity index (χ4n) is 1.88. The van der Waals surface area contributed by atoms with E-state index in [4.69, 9.17) is 0 Å². The van der Waals surface area contributed by atoms with Crippen molar-refractivity contribution >= 4 is 9.84 Å². The zero-order valence-corrected chi connectivity index (χ0v) is 10.1. The van der Waals surface area contributed by atoms with Gasteiger partial charge in [-0.05, 0) is 38.8 Å². The molecular formula is C10H20FNO2S. The molecule has 1 aliphatic heterocycles. The predicted molar refractivity (Wildman–Crippen MR) is 59.5 cm³/mol. The third-order valence-corrected chi connectivity index (χ3v) is 4.73. The summed E-state index contributed by atoms with van der Waals surface area (Å²) < 4.78 is 36.9. The first-order chi connectivity index (χ1) is 6.97. The van der Waals surface area contributed by atoms with Gasteiger partial charge in [-0.2, -0.15) is 0 Å². The van der Waals surface area contributed by atoms with Gasteiger partial charge in [0.2, 0.25) is 0 Å². The molecule has 1 rings (SSSR count). The summed E-state index contributed by atoms with van der Waals surface area (Å²) in [6, 6.07) is 0.